The molecule has 1 atom stereocenters. The van der Waals surface area contributed by atoms with Gasteiger partial charge in [-0.15, -0.1) is 0 Å². The number of para-hydroxylation sites is 2. The molecule has 6 nitrogen and oxygen atoms in total. The molecule has 6 heteroatoms. The highest BCUT2D eigenvalue weighted by Gasteiger charge is 2.24. The van der Waals surface area contributed by atoms with Crippen LogP contribution in [0.1, 0.15) is 26.3 Å². The van der Waals surface area contributed by atoms with Crippen molar-refractivity contribution in [3.05, 3.63) is 54.1 Å². The molecule has 0 saturated carbocycles. The summed E-state index contributed by atoms with van der Waals surface area (Å²) >= 11 is 0. The van der Waals surface area contributed by atoms with E-state index in [-0.39, 0.29) is 18.1 Å². The molecule has 0 N–H and O–H groups in total. The van der Waals surface area contributed by atoms with Crippen molar-refractivity contribution in [3.63, 3.8) is 0 Å². The van der Waals surface area contributed by atoms with E-state index in [9.17, 15) is 4.79 Å². The molecule has 1 unspecified atom stereocenters. The van der Waals surface area contributed by atoms with Crippen LogP contribution in [0.5, 0.6) is 23.0 Å². The molecule has 0 radical (unpaired) electrons. The molecule has 2 aromatic rings. The van der Waals surface area contributed by atoms with Gasteiger partial charge < -0.3 is 23.8 Å². The summed E-state index contributed by atoms with van der Waals surface area (Å²) in [4.78, 5) is 14.5. The van der Waals surface area contributed by atoms with Crippen molar-refractivity contribution in [3.8, 4) is 23.0 Å². The number of nitrogens with zero attached hydrogens (tertiary/aromatic N) is 1. The van der Waals surface area contributed by atoms with Crippen molar-refractivity contribution in [2.75, 3.05) is 26.8 Å². The number of carbonyl (C=O) groups is 1. The number of amides is 1. The summed E-state index contributed by atoms with van der Waals surface area (Å²) in [5.74, 6) is 2.69. The summed E-state index contributed by atoms with van der Waals surface area (Å²) in [7, 11) is 1.60. The number of likely N-dealkylation sites (N-methyl/N-ethyl adjacent to an activating group) is 1. The Labute approximate surface area is 178 Å². The number of rotatable bonds is 8. The van der Waals surface area contributed by atoms with Crippen LogP contribution in [0.2, 0.25) is 0 Å². The third-order valence-corrected chi connectivity index (χ3v) is 4.65. The van der Waals surface area contributed by atoms with Gasteiger partial charge in [-0.25, -0.2) is 0 Å². The number of methoxy groups -OCH3 is 1. The van der Waals surface area contributed by atoms with Crippen molar-refractivity contribution in [2.45, 2.75) is 33.0 Å². The van der Waals surface area contributed by atoms with E-state index < -0.39 is 0 Å². The van der Waals surface area contributed by atoms with E-state index in [0.717, 1.165) is 11.3 Å². The topological polar surface area (TPSA) is 57.2 Å². The first kappa shape index (κ1) is 21.6. The van der Waals surface area contributed by atoms with Crippen molar-refractivity contribution in [1.82, 2.24) is 4.90 Å². The van der Waals surface area contributed by atoms with Crippen LogP contribution in [0.3, 0.4) is 0 Å². The van der Waals surface area contributed by atoms with E-state index in [1.165, 1.54) is 0 Å². The minimum atomic E-state index is -0.204. The molecule has 1 aliphatic heterocycles. The van der Waals surface area contributed by atoms with Gasteiger partial charge in [0.15, 0.2) is 29.1 Å². The number of fused-ring (bicyclic) bond motifs is 1. The zero-order chi connectivity index (χ0) is 21.5. The second kappa shape index (κ2) is 10.1. The fourth-order valence-electron chi connectivity index (χ4n) is 3.19. The van der Waals surface area contributed by atoms with Crippen molar-refractivity contribution in [2.24, 2.45) is 0 Å². The normalized spacial score (nSPS) is 15.3. The van der Waals surface area contributed by atoms with E-state index in [0.29, 0.717) is 36.9 Å². The van der Waals surface area contributed by atoms with E-state index in [2.05, 4.69) is 0 Å². The monoisotopic (exact) mass is 411 g/mol. The Morgan fingerprint density at radius 1 is 1.20 bits per heavy atom. The molecule has 0 spiro atoms. The van der Waals surface area contributed by atoms with Crippen LogP contribution >= 0.6 is 0 Å². The van der Waals surface area contributed by atoms with Crippen LogP contribution in [0.25, 0.3) is 6.08 Å². The summed E-state index contributed by atoms with van der Waals surface area (Å²) in [6.45, 7) is 7.33. The molecule has 0 saturated heterocycles. The molecule has 0 bridgehead atoms. The molecular formula is C24H29NO5. The van der Waals surface area contributed by atoms with Crippen molar-refractivity contribution >= 4 is 12.0 Å². The molecule has 1 heterocycles. The average Bonchev–Trinajstić information content (AvgIpc) is 2.76. The van der Waals surface area contributed by atoms with Gasteiger partial charge in [0, 0.05) is 12.6 Å². The quantitative estimate of drug-likeness (QED) is 0.610. The SMILES string of the molecule is CCN(CC1COc2ccccc2O1)C(=O)/C=C/c1ccc(OC(C)C)c(OC)c1. The molecule has 30 heavy (non-hydrogen) atoms. The number of ether oxygens (including phenoxy) is 4. The minimum Gasteiger partial charge on any atom is -0.493 e. The molecule has 1 amide bonds. The highest BCUT2D eigenvalue weighted by Crippen LogP contribution is 2.31. The standard InChI is InChI=1S/C24H29NO5/c1-5-25(15-19-16-28-20-8-6-7-9-21(20)30-19)24(26)13-11-18-10-12-22(29-17(2)3)23(14-18)27-4/h6-14,17,19H,5,15-16H2,1-4H3/b13-11+. The maximum absolute atomic E-state index is 12.7. The molecule has 0 fully saturated rings. The molecule has 1 aliphatic rings. The molecule has 0 aromatic heterocycles. The first-order valence-electron chi connectivity index (χ1n) is 10.2. The molecule has 160 valence electrons. The van der Waals surface area contributed by atoms with E-state index >= 15 is 0 Å². The Bertz CT molecular complexity index is 893. The summed E-state index contributed by atoms with van der Waals surface area (Å²) in [5, 5.41) is 0. The third-order valence-electron chi connectivity index (χ3n) is 4.65. The van der Waals surface area contributed by atoms with Gasteiger partial charge in [-0.2, -0.15) is 0 Å². The smallest absolute Gasteiger partial charge is 0.246 e. The number of hydrogen-bond acceptors (Lipinski definition) is 5. The van der Waals surface area contributed by atoms with Gasteiger partial charge in [-0.3, -0.25) is 4.79 Å². The Morgan fingerprint density at radius 3 is 2.67 bits per heavy atom. The minimum absolute atomic E-state index is 0.0536. The second-order valence-corrected chi connectivity index (χ2v) is 7.28. The molecule has 3 rings (SSSR count). The summed E-state index contributed by atoms with van der Waals surface area (Å²) < 4.78 is 22.9. The van der Waals surface area contributed by atoms with Gasteiger partial charge in [0.05, 0.1) is 19.8 Å². The van der Waals surface area contributed by atoms with Crippen LogP contribution in [0, 0.1) is 0 Å². The predicted octanol–water partition coefficient (Wildman–Crippen LogP) is 4.18. The van der Waals surface area contributed by atoms with Crippen LogP contribution in [-0.2, 0) is 4.79 Å². The second-order valence-electron chi connectivity index (χ2n) is 7.28. The summed E-state index contributed by atoms with van der Waals surface area (Å²) in [6, 6.07) is 13.2. The highest BCUT2D eigenvalue weighted by atomic mass is 16.6. The van der Waals surface area contributed by atoms with E-state index in [1.54, 1.807) is 24.2 Å². The lowest BCUT2D eigenvalue weighted by Crippen LogP contribution is -2.43. The van der Waals surface area contributed by atoms with Gasteiger partial charge >= 0.3 is 0 Å². The average molecular weight is 411 g/mol. The molecular weight excluding hydrogens is 382 g/mol. The zero-order valence-electron chi connectivity index (χ0n) is 18.0. The Hall–Kier alpha value is -3.15. The van der Waals surface area contributed by atoms with Gasteiger partial charge in [0.2, 0.25) is 5.91 Å². The third kappa shape index (κ3) is 5.47. The maximum atomic E-state index is 12.7. The number of benzene rings is 2. The number of hydrogen-bond donors (Lipinski definition) is 0. The highest BCUT2D eigenvalue weighted by molar-refractivity contribution is 5.91. The lowest BCUT2D eigenvalue weighted by molar-refractivity contribution is -0.127. The van der Waals surface area contributed by atoms with Gasteiger partial charge in [0.25, 0.3) is 0 Å². The van der Waals surface area contributed by atoms with Gasteiger partial charge in [-0.05, 0) is 56.7 Å². The van der Waals surface area contributed by atoms with E-state index in [4.69, 9.17) is 18.9 Å². The van der Waals surface area contributed by atoms with Crippen molar-refractivity contribution in [1.29, 1.82) is 0 Å². The van der Waals surface area contributed by atoms with Gasteiger partial charge in [0.1, 0.15) is 6.61 Å². The van der Waals surface area contributed by atoms with Crippen LogP contribution in [-0.4, -0.2) is 49.8 Å². The Morgan fingerprint density at radius 2 is 1.97 bits per heavy atom. The molecule has 2 aromatic carbocycles. The van der Waals surface area contributed by atoms with Crippen LogP contribution in [0.4, 0.5) is 0 Å². The largest absolute Gasteiger partial charge is 0.493 e. The Kier molecular flexibility index (Phi) is 7.22. The fourth-order valence-corrected chi connectivity index (χ4v) is 3.19. The lowest BCUT2D eigenvalue weighted by Gasteiger charge is -2.30. The van der Waals surface area contributed by atoms with Crippen LogP contribution < -0.4 is 18.9 Å². The number of carbonyl (C=O) groups excluding carboxylic acids is 1. The van der Waals surface area contributed by atoms with Crippen molar-refractivity contribution < 1.29 is 23.7 Å². The van der Waals surface area contributed by atoms with E-state index in [1.807, 2.05) is 63.2 Å². The predicted molar refractivity (Wildman–Crippen MR) is 116 cm³/mol. The maximum Gasteiger partial charge on any atom is 0.246 e. The lowest BCUT2D eigenvalue weighted by atomic mass is 10.1. The first-order valence-corrected chi connectivity index (χ1v) is 10.2. The zero-order valence-corrected chi connectivity index (χ0v) is 18.0. The van der Waals surface area contributed by atoms with Crippen LogP contribution in [0.15, 0.2) is 48.5 Å². The summed E-state index contributed by atoms with van der Waals surface area (Å²) in [6.07, 6.45) is 3.20. The molecule has 0 aliphatic carbocycles. The summed E-state index contributed by atoms with van der Waals surface area (Å²) in [5.41, 5.74) is 0.860. The first-order chi connectivity index (χ1) is 14.5. The van der Waals surface area contributed by atoms with Gasteiger partial charge in [-0.1, -0.05) is 18.2 Å². The Balaban J connectivity index is 1.63. The fraction of sp³-hybridized carbons (Fsp3) is 0.375.